The van der Waals surface area contributed by atoms with Gasteiger partial charge in [0.05, 0.1) is 11.4 Å². The van der Waals surface area contributed by atoms with E-state index in [-0.39, 0.29) is 23.9 Å². The molecule has 0 saturated carbocycles. The molecule has 0 aromatic heterocycles. The van der Waals surface area contributed by atoms with Crippen LogP contribution in [-0.2, 0) is 14.8 Å². The number of likely N-dealkylation sites (N-methyl/N-ethyl adjacent to an activating group) is 1. The van der Waals surface area contributed by atoms with Crippen LogP contribution in [0.5, 0.6) is 0 Å². The number of unbranched alkanes of at least 4 members (excludes halogenated alkanes) is 2. The van der Waals surface area contributed by atoms with Crippen molar-refractivity contribution in [1.29, 1.82) is 0 Å². The molecule has 0 aliphatic rings. The first-order valence-electron chi connectivity index (χ1n) is 7.44. The second-order valence-corrected chi connectivity index (χ2v) is 6.88. The van der Waals surface area contributed by atoms with Gasteiger partial charge in [-0.2, -0.15) is 4.31 Å². The van der Waals surface area contributed by atoms with Gasteiger partial charge in [0.1, 0.15) is 5.82 Å². The first-order chi connectivity index (χ1) is 10.4. The summed E-state index contributed by atoms with van der Waals surface area (Å²) in [5.41, 5.74) is 0. The molecule has 0 aliphatic carbocycles. The Balaban J connectivity index is 2.69. The quantitative estimate of drug-likeness (QED) is 0.706. The van der Waals surface area contributed by atoms with Gasteiger partial charge in [0.2, 0.25) is 15.9 Å². The summed E-state index contributed by atoms with van der Waals surface area (Å²) < 4.78 is 38.8. The number of benzene rings is 1. The zero-order valence-corrected chi connectivity index (χ0v) is 13.8. The fraction of sp³-hybridized carbons (Fsp3) is 0.533. The molecule has 0 saturated heterocycles. The van der Waals surface area contributed by atoms with E-state index in [2.05, 4.69) is 12.2 Å². The smallest absolute Gasteiger partial charge is 0.243 e. The summed E-state index contributed by atoms with van der Waals surface area (Å²) in [7, 11) is -3.79. The van der Waals surface area contributed by atoms with Crippen LogP contribution in [0.4, 0.5) is 4.39 Å². The summed E-state index contributed by atoms with van der Waals surface area (Å²) >= 11 is 0. The summed E-state index contributed by atoms with van der Waals surface area (Å²) in [4.78, 5) is 11.8. The van der Waals surface area contributed by atoms with Crippen molar-refractivity contribution in [2.24, 2.45) is 0 Å². The zero-order chi connectivity index (χ0) is 16.6. The molecular weight excluding hydrogens is 307 g/mol. The average molecular weight is 330 g/mol. The van der Waals surface area contributed by atoms with Crippen LogP contribution in [0, 0.1) is 5.82 Å². The molecule has 7 heteroatoms. The van der Waals surface area contributed by atoms with Gasteiger partial charge in [0.15, 0.2) is 0 Å². The minimum Gasteiger partial charge on any atom is -0.355 e. The summed E-state index contributed by atoms with van der Waals surface area (Å²) in [6.45, 7) is 4.20. The lowest BCUT2D eigenvalue weighted by Crippen LogP contribution is -2.40. The van der Waals surface area contributed by atoms with E-state index < -0.39 is 15.8 Å². The zero-order valence-electron chi connectivity index (χ0n) is 13.0. The number of halogens is 1. The number of carbonyl (C=O) groups is 1. The lowest BCUT2D eigenvalue weighted by molar-refractivity contribution is -0.121. The highest BCUT2D eigenvalue weighted by Gasteiger charge is 2.25. The molecule has 1 N–H and O–H groups in total. The van der Waals surface area contributed by atoms with Gasteiger partial charge in [-0.1, -0.05) is 26.7 Å². The Morgan fingerprint density at radius 3 is 2.36 bits per heavy atom. The van der Waals surface area contributed by atoms with Crippen molar-refractivity contribution in [2.75, 3.05) is 19.6 Å². The van der Waals surface area contributed by atoms with Crippen molar-refractivity contribution >= 4 is 15.9 Å². The molecular formula is C15H23FN2O3S. The third-order valence-electron chi connectivity index (χ3n) is 3.23. The summed E-state index contributed by atoms with van der Waals surface area (Å²) in [5.74, 6) is -0.834. The van der Waals surface area contributed by atoms with Crippen molar-refractivity contribution in [2.45, 2.75) is 38.0 Å². The van der Waals surface area contributed by atoms with Crippen molar-refractivity contribution in [1.82, 2.24) is 9.62 Å². The number of hydrogen-bond donors (Lipinski definition) is 1. The predicted octanol–water partition coefficient (Wildman–Crippen LogP) is 2.14. The highest BCUT2D eigenvalue weighted by molar-refractivity contribution is 7.89. The summed E-state index contributed by atoms with van der Waals surface area (Å²) in [5, 5.41) is 2.71. The molecule has 1 rings (SSSR count). The Hall–Kier alpha value is -1.47. The van der Waals surface area contributed by atoms with E-state index in [1.807, 2.05) is 0 Å². The number of sulfonamides is 1. The monoisotopic (exact) mass is 330 g/mol. The van der Waals surface area contributed by atoms with Crippen LogP contribution >= 0.6 is 0 Å². The normalized spacial score (nSPS) is 11.6. The van der Waals surface area contributed by atoms with Gasteiger partial charge in [-0.25, -0.2) is 12.8 Å². The van der Waals surface area contributed by atoms with Crippen LogP contribution in [0.3, 0.4) is 0 Å². The first kappa shape index (κ1) is 18.6. The Morgan fingerprint density at radius 1 is 1.18 bits per heavy atom. The van der Waals surface area contributed by atoms with Gasteiger partial charge in [-0.15, -0.1) is 0 Å². The summed E-state index contributed by atoms with van der Waals surface area (Å²) in [6.07, 6.45) is 2.95. The van der Waals surface area contributed by atoms with Crippen molar-refractivity contribution in [3.8, 4) is 0 Å². The topological polar surface area (TPSA) is 66.5 Å². The Labute approximate surface area is 131 Å². The standard InChI is InChI=1S/C15H23FN2O3S/c1-3-5-6-11-17-15(19)12-18(4-2)22(20,21)14-9-7-13(16)8-10-14/h7-10H,3-6,11-12H2,1-2H3,(H,17,19). The SMILES string of the molecule is CCCCCNC(=O)CN(CC)S(=O)(=O)c1ccc(F)cc1. The Bertz CT molecular complexity index is 573. The van der Waals surface area contributed by atoms with E-state index in [0.717, 1.165) is 35.7 Å². The van der Waals surface area contributed by atoms with Gasteiger partial charge in [0, 0.05) is 13.1 Å². The van der Waals surface area contributed by atoms with Crippen LogP contribution in [0.25, 0.3) is 0 Å². The Morgan fingerprint density at radius 2 is 1.82 bits per heavy atom. The van der Waals surface area contributed by atoms with Crippen molar-refractivity contribution in [3.05, 3.63) is 30.1 Å². The lowest BCUT2D eigenvalue weighted by atomic mass is 10.2. The number of amides is 1. The van der Waals surface area contributed by atoms with Crippen molar-refractivity contribution < 1.29 is 17.6 Å². The fourth-order valence-electron chi connectivity index (χ4n) is 1.94. The first-order valence-corrected chi connectivity index (χ1v) is 8.88. The van der Waals surface area contributed by atoms with E-state index >= 15 is 0 Å². The van der Waals surface area contributed by atoms with Crippen LogP contribution in [-0.4, -0.2) is 38.3 Å². The second-order valence-electron chi connectivity index (χ2n) is 4.94. The largest absolute Gasteiger partial charge is 0.355 e. The van der Waals surface area contributed by atoms with Gasteiger partial charge in [-0.3, -0.25) is 4.79 Å². The van der Waals surface area contributed by atoms with Crippen LogP contribution in [0.2, 0.25) is 0 Å². The number of hydrogen-bond acceptors (Lipinski definition) is 3. The molecule has 0 radical (unpaired) electrons. The number of carbonyl (C=O) groups excluding carboxylic acids is 1. The van der Waals surface area contributed by atoms with Crippen LogP contribution < -0.4 is 5.32 Å². The number of rotatable bonds is 9. The van der Waals surface area contributed by atoms with Gasteiger partial charge in [0.25, 0.3) is 0 Å². The van der Waals surface area contributed by atoms with E-state index in [1.165, 1.54) is 12.1 Å². The molecule has 124 valence electrons. The summed E-state index contributed by atoms with van der Waals surface area (Å²) in [6, 6.07) is 4.58. The van der Waals surface area contributed by atoms with Crippen molar-refractivity contribution in [3.63, 3.8) is 0 Å². The molecule has 0 fully saturated rings. The maximum atomic E-state index is 12.9. The number of nitrogens with one attached hydrogen (secondary N) is 1. The lowest BCUT2D eigenvalue weighted by Gasteiger charge is -2.20. The third kappa shape index (κ3) is 5.38. The minimum atomic E-state index is -3.79. The fourth-order valence-corrected chi connectivity index (χ4v) is 3.35. The predicted molar refractivity (Wildman–Crippen MR) is 83.4 cm³/mol. The van der Waals surface area contributed by atoms with Crippen LogP contribution in [0.1, 0.15) is 33.1 Å². The molecule has 1 amide bonds. The van der Waals surface area contributed by atoms with Gasteiger partial charge in [-0.05, 0) is 30.7 Å². The minimum absolute atomic E-state index is 0.0190. The maximum Gasteiger partial charge on any atom is 0.243 e. The van der Waals surface area contributed by atoms with Gasteiger partial charge >= 0.3 is 0 Å². The molecule has 0 spiro atoms. The van der Waals surface area contributed by atoms with Crippen LogP contribution in [0.15, 0.2) is 29.2 Å². The van der Waals surface area contributed by atoms with E-state index in [1.54, 1.807) is 6.92 Å². The molecule has 0 heterocycles. The molecule has 0 aliphatic heterocycles. The maximum absolute atomic E-state index is 12.9. The van der Waals surface area contributed by atoms with E-state index in [0.29, 0.717) is 6.54 Å². The van der Waals surface area contributed by atoms with Gasteiger partial charge < -0.3 is 5.32 Å². The number of nitrogens with zero attached hydrogens (tertiary/aromatic N) is 1. The molecule has 0 atom stereocenters. The Kier molecular flexibility index (Phi) is 7.47. The third-order valence-corrected chi connectivity index (χ3v) is 5.16. The highest BCUT2D eigenvalue weighted by Crippen LogP contribution is 2.15. The van der Waals surface area contributed by atoms with E-state index in [9.17, 15) is 17.6 Å². The second kappa shape index (κ2) is 8.85. The highest BCUT2D eigenvalue weighted by atomic mass is 32.2. The molecule has 5 nitrogen and oxygen atoms in total. The molecule has 0 bridgehead atoms. The molecule has 1 aromatic carbocycles. The van der Waals surface area contributed by atoms with E-state index in [4.69, 9.17) is 0 Å². The average Bonchev–Trinajstić information content (AvgIpc) is 2.49. The molecule has 22 heavy (non-hydrogen) atoms. The molecule has 1 aromatic rings. The molecule has 0 unspecified atom stereocenters.